The van der Waals surface area contributed by atoms with Crippen LogP contribution in [0.4, 0.5) is 11.4 Å². The molecule has 0 aliphatic carbocycles. The molecule has 3 aromatic carbocycles. The smallest absolute Gasteiger partial charge is 0.264 e. The van der Waals surface area contributed by atoms with Crippen molar-refractivity contribution in [1.82, 2.24) is 0 Å². The molecule has 1 heterocycles. The van der Waals surface area contributed by atoms with Gasteiger partial charge >= 0.3 is 0 Å². The van der Waals surface area contributed by atoms with Crippen molar-refractivity contribution in [1.29, 1.82) is 0 Å². The first-order valence-corrected chi connectivity index (χ1v) is 12.1. The number of fused-ring (bicyclic) bond motifs is 1. The molecule has 1 aliphatic heterocycles. The average molecular weight is 491 g/mol. The monoisotopic (exact) mass is 490 g/mol. The zero-order valence-corrected chi connectivity index (χ0v) is 19.3. The average Bonchev–Trinajstić information content (AvgIpc) is 2.77. The van der Waals surface area contributed by atoms with Gasteiger partial charge in [-0.25, -0.2) is 8.42 Å². The second kappa shape index (κ2) is 9.40. The molecule has 4 rings (SSSR count). The third-order valence-electron chi connectivity index (χ3n) is 5.00. The van der Waals surface area contributed by atoms with Gasteiger partial charge < -0.3 is 10.1 Å². The summed E-state index contributed by atoms with van der Waals surface area (Å²) in [5.41, 5.74) is 2.20. The van der Waals surface area contributed by atoms with E-state index in [9.17, 15) is 13.2 Å². The molecule has 0 spiro atoms. The second-order valence-corrected chi connectivity index (χ2v) is 10.0. The number of para-hydroxylation sites is 1. The van der Waals surface area contributed by atoms with Crippen molar-refractivity contribution in [3.8, 4) is 5.75 Å². The highest BCUT2D eigenvalue weighted by molar-refractivity contribution is 7.92. The van der Waals surface area contributed by atoms with E-state index in [0.29, 0.717) is 28.0 Å². The van der Waals surface area contributed by atoms with Gasteiger partial charge in [-0.15, -0.1) is 0 Å². The van der Waals surface area contributed by atoms with Crippen molar-refractivity contribution < 1.29 is 17.9 Å². The molecule has 1 amide bonds. The van der Waals surface area contributed by atoms with Crippen LogP contribution in [0.1, 0.15) is 12.0 Å². The molecule has 1 N–H and O–H groups in total. The second-order valence-electron chi connectivity index (χ2n) is 7.28. The van der Waals surface area contributed by atoms with Gasteiger partial charge in [0.15, 0.2) is 6.61 Å². The summed E-state index contributed by atoms with van der Waals surface area (Å²) < 4.78 is 33.3. The molecule has 0 fully saturated rings. The van der Waals surface area contributed by atoms with Crippen LogP contribution in [-0.2, 0) is 21.2 Å². The van der Waals surface area contributed by atoms with Gasteiger partial charge in [0.25, 0.3) is 15.9 Å². The Hall–Kier alpha value is -2.74. The minimum absolute atomic E-state index is 0.166. The van der Waals surface area contributed by atoms with Crippen LogP contribution in [0.3, 0.4) is 0 Å². The van der Waals surface area contributed by atoms with Crippen molar-refractivity contribution in [3.63, 3.8) is 0 Å². The van der Waals surface area contributed by atoms with Crippen molar-refractivity contribution >= 4 is 50.5 Å². The fourth-order valence-electron chi connectivity index (χ4n) is 3.56. The highest BCUT2D eigenvalue weighted by Crippen LogP contribution is 2.32. The van der Waals surface area contributed by atoms with Crippen molar-refractivity contribution in [2.45, 2.75) is 17.7 Å². The molecule has 1 aliphatic rings. The normalized spacial score (nSPS) is 13.4. The third kappa shape index (κ3) is 5.01. The van der Waals surface area contributed by atoms with Crippen LogP contribution in [-0.4, -0.2) is 27.5 Å². The molecule has 0 radical (unpaired) electrons. The predicted molar refractivity (Wildman–Crippen MR) is 126 cm³/mol. The van der Waals surface area contributed by atoms with Crippen molar-refractivity contribution in [2.75, 3.05) is 22.8 Å². The zero-order valence-electron chi connectivity index (χ0n) is 16.9. The topological polar surface area (TPSA) is 75.7 Å². The molecule has 0 saturated heterocycles. The van der Waals surface area contributed by atoms with E-state index in [-0.39, 0.29) is 11.5 Å². The number of halogens is 2. The van der Waals surface area contributed by atoms with Crippen LogP contribution >= 0.6 is 23.2 Å². The van der Waals surface area contributed by atoms with Crippen molar-refractivity contribution in [2.24, 2.45) is 0 Å². The number of anilines is 2. The predicted octanol–water partition coefficient (Wildman–Crippen LogP) is 5.15. The molecule has 3 aromatic rings. The van der Waals surface area contributed by atoms with E-state index in [4.69, 9.17) is 27.9 Å². The summed E-state index contributed by atoms with van der Waals surface area (Å²) in [6.45, 7) is 0.182. The Morgan fingerprint density at radius 2 is 1.69 bits per heavy atom. The van der Waals surface area contributed by atoms with E-state index in [1.165, 1.54) is 28.6 Å². The van der Waals surface area contributed by atoms with Gasteiger partial charge in [-0.05, 0) is 66.9 Å². The lowest BCUT2D eigenvalue weighted by atomic mass is 10.0. The number of carbonyl (C=O) groups is 1. The number of hydrogen-bond acceptors (Lipinski definition) is 4. The minimum Gasteiger partial charge on any atom is -0.484 e. The lowest BCUT2D eigenvalue weighted by Gasteiger charge is -2.30. The molecular formula is C23H20Cl2N2O4S. The molecule has 0 atom stereocenters. The number of aryl methyl sites for hydroxylation is 1. The molecule has 0 bridgehead atoms. The number of nitrogens with zero attached hydrogens (tertiary/aromatic N) is 1. The van der Waals surface area contributed by atoms with E-state index >= 15 is 0 Å². The van der Waals surface area contributed by atoms with Crippen molar-refractivity contribution in [3.05, 3.63) is 82.3 Å². The molecule has 32 heavy (non-hydrogen) atoms. The van der Waals surface area contributed by atoms with Gasteiger partial charge in [-0.2, -0.15) is 0 Å². The maximum absolute atomic E-state index is 13.2. The van der Waals surface area contributed by atoms with Crippen LogP contribution < -0.4 is 14.4 Å². The lowest BCUT2D eigenvalue weighted by molar-refractivity contribution is -0.118. The highest BCUT2D eigenvalue weighted by Gasteiger charge is 2.28. The van der Waals surface area contributed by atoms with Gasteiger partial charge in [0.1, 0.15) is 5.75 Å². The lowest BCUT2D eigenvalue weighted by Crippen LogP contribution is -2.35. The Morgan fingerprint density at radius 3 is 2.41 bits per heavy atom. The third-order valence-corrected chi connectivity index (χ3v) is 7.26. The Labute approximate surface area is 196 Å². The fourth-order valence-corrected chi connectivity index (χ4v) is 5.62. The number of hydrogen-bond donors (Lipinski definition) is 1. The molecule has 166 valence electrons. The number of rotatable bonds is 6. The first-order valence-electron chi connectivity index (χ1n) is 9.92. The zero-order chi connectivity index (χ0) is 22.7. The summed E-state index contributed by atoms with van der Waals surface area (Å²) in [6, 6.07) is 18.3. The van der Waals surface area contributed by atoms with E-state index in [1.807, 2.05) is 24.3 Å². The molecular weight excluding hydrogens is 471 g/mol. The summed E-state index contributed by atoms with van der Waals surface area (Å²) in [4.78, 5) is 12.3. The van der Waals surface area contributed by atoms with E-state index in [1.54, 1.807) is 18.2 Å². The highest BCUT2D eigenvalue weighted by atomic mass is 35.5. The number of sulfonamides is 1. The Balaban J connectivity index is 1.41. The van der Waals surface area contributed by atoms with Gasteiger partial charge in [-0.1, -0.05) is 41.4 Å². The summed E-state index contributed by atoms with van der Waals surface area (Å²) in [6.07, 6.45) is 1.63. The summed E-state index contributed by atoms with van der Waals surface area (Å²) in [7, 11) is -3.70. The van der Waals surface area contributed by atoms with Crippen LogP contribution in [0, 0.1) is 0 Å². The minimum atomic E-state index is -3.70. The SMILES string of the molecule is O=C(COc1ccc(S(=O)(=O)N2CCCc3ccccc32)cc1)Nc1cc(Cl)cc(Cl)c1. The molecule has 9 heteroatoms. The summed E-state index contributed by atoms with van der Waals surface area (Å²) >= 11 is 11.8. The molecule has 0 unspecified atom stereocenters. The van der Waals surface area contributed by atoms with Crippen LogP contribution in [0.25, 0.3) is 0 Å². The fraction of sp³-hybridized carbons (Fsp3) is 0.174. The number of carbonyl (C=O) groups excluding carboxylic acids is 1. The van der Waals surface area contributed by atoms with E-state index < -0.39 is 15.9 Å². The number of nitrogens with one attached hydrogen (secondary N) is 1. The Morgan fingerprint density at radius 1 is 1.00 bits per heavy atom. The number of ether oxygens (including phenoxy) is 1. The van der Waals surface area contributed by atoms with Crippen LogP contribution in [0.15, 0.2) is 71.6 Å². The number of benzene rings is 3. The van der Waals surface area contributed by atoms with E-state index in [0.717, 1.165) is 24.1 Å². The Kier molecular flexibility index (Phi) is 6.60. The standard InChI is InChI=1S/C23H20Cl2N2O4S/c24-17-12-18(25)14-19(13-17)26-23(28)15-31-20-7-9-21(10-8-20)32(29,30)27-11-3-5-16-4-1-2-6-22(16)27/h1-2,4,6-10,12-14H,3,5,11,15H2,(H,26,28). The molecule has 6 nitrogen and oxygen atoms in total. The summed E-state index contributed by atoms with van der Waals surface area (Å²) in [5, 5.41) is 3.46. The van der Waals surface area contributed by atoms with Gasteiger partial charge in [0.2, 0.25) is 0 Å². The first kappa shape index (κ1) is 22.5. The summed E-state index contributed by atoms with van der Waals surface area (Å²) in [5.74, 6) is -0.0211. The molecule has 0 aromatic heterocycles. The van der Waals surface area contributed by atoms with Gasteiger partial charge in [0, 0.05) is 22.3 Å². The number of amides is 1. The quantitative estimate of drug-likeness (QED) is 0.518. The maximum Gasteiger partial charge on any atom is 0.264 e. The van der Waals surface area contributed by atoms with Gasteiger partial charge in [-0.3, -0.25) is 9.10 Å². The van der Waals surface area contributed by atoms with Crippen LogP contribution in [0.2, 0.25) is 10.0 Å². The van der Waals surface area contributed by atoms with E-state index in [2.05, 4.69) is 5.32 Å². The van der Waals surface area contributed by atoms with Crippen LogP contribution in [0.5, 0.6) is 5.75 Å². The van der Waals surface area contributed by atoms with Gasteiger partial charge in [0.05, 0.1) is 10.6 Å². The molecule has 0 saturated carbocycles. The largest absolute Gasteiger partial charge is 0.484 e. The first-order chi connectivity index (χ1) is 15.3. The Bertz CT molecular complexity index is 1230. The maximum atomic E-state index is 13.2.